The molecule has 0 aliphatic carbocycles. The Labute approximate surface area is 126 Å². The summed E-state index contributed by atoms with van der Waals surface area (Å²) < 4.78 is 1.72. The standard InChI is InChI=1S/C14H12ClN5O/c1-19(2)14(21)13-18-12(9-3-4-11(15)17-7-9)10-8-16-5-6-20(10)13/h3-8H,1-2H3. The van der Waals surface area contributed by atoms with Crippen LogP contribution in [-0.4, -0.2) is 44.3 Å². The zero-order valence-electron chi connectivity index (χ0n) is 11.5. The van der Waals surface area contributed by atoms with Crippen LogP contribution in [-0.2, 0) is 0 Å². The van der Waals surface area contributed by atoms with E-state index in [1.165, 1.54) is 4.90 Å². The van der Waals surface area contributed by atoms with E-state index in [-0.39, 0.29) is 5.91 Å². The normalized spacial score (nSPS) is 10.8. The van der Waals surface area contributed by atoms with Crippen molar-refractivity contribution in [3.63, 3.8) is 0 Å². The molecule has 0 saturated heterocycles. The van der Waals surface area contributed by atoms with Gasteiger partial charge >= 0.3 is 0 Å². The zero-order chi connectivity index (χ0) is 15.0. The molecule has 7 heteroatoms. The van der Waals surface area contributed by atoms with Gasteiger partial charge in [0.25, 0.3) is 5.91 Å². The Balaban J connectivity index is 2.24. The smallest absolute Gasteiger partial charge is 0.289 e. The number of imidazole rings is 1. The van der Waals surface area contributed by atoms with Crippen LogP contribution in [0.15, 0.2) is 36.9 Å². The first-order valence-corrected chi connectivity index (χ1v) is 6.61. The van der Waals surface area contributed by atoms with Crippen LogP contribution in [0.5, 0.6) is 0 Å². The molecule has 6 nitrogen and oxygen atoms in total. The number of amides is 1. The average Bonchev–Trinajstić information content (AvgIpc) is 2.87. The molecule has 0 fully saturated rings. The third-order valence-electron chi connectivity index (χ3n) is 3.04. The van der Waals surface area contributed by atoms with E-state index < -0.39 is 0 Å². The lowest BCUT2D eigenvalue weighted by Crippen LogP contribution is -2.24. The highest BCUT2D eigenvalue weighted by atomic mass is 35.5. The molecule has 0 N–H and O–H groups in total. The van der Waals surface area contributed by atoms with Gasteiger partial charge in [0.15, 0.2) is 0 Å². The lowest BCUT2D eigenvalue weighted by molar-refractivity contribution is 0.0815. The summed E-state index contributed by atoms with van der Waals surface area (Å²) in [7, 11) is 3.38. The molecule has 21 heavy (non-hydrogen) atoms. The van der Waals surface area contributed by atoms with Crippen molar-refractivity contribution < 1.29 is 4.79 Å². The molecule has 0 aliphatic rings. The number of pyridine rings is 1. The molecule has 1 amide bonds. The van der Waals surface area contributed by atoms with Gasteiger partial charge in [0.1, 0.15) is 10.8 Å². The molecule has 0 aliphatic heterocycles. The van der Waals surface area contributed by atoms with Crippen molar-refractivity contribution in [2.45, 2.75) is 0 Å². The molecule has 3 aromatic rings. The fourth-order valence-corrected chi connectivity index (χ4v) is 2.13. The second-order valence-corrected chi connectivity index (χ2v) is 5.07. The van der Waals surface area contributed by atoms with Crippen LogP contribution in [0.3, 0.4) is 0 Å². The Kier molecular flexibility index (Phi) is 3.31. The molecule has 0 radical (unpaired) electrons. The number of halogens is 1. The number of fused-ring (bicyclic) bond motifs is 1. The minimum Gasteiger partial charge on any atom is -0.342 e. The van der Waals surface area contributed by atoms with Crippen molar-refractivity contribution in [1.29, 1.82) is 0 Å². The first kappa shape index (κ1) is 13.5. The fourth-order valence-electron chi connectivity index (χ4n) is 2.02. The van der Waals surface area contributed by atoms with Gasteiger partial charge in [-0.1, -0.05) is 11.6 Å². The van der Waals surface area contributed by atoms with Crippen LogP contribution in [0.25, 0.3) is 16.8 Å². The van der Waals surface area contributed by atoms with Crippen molar-refractivity contribution in [3.8, 4) is 11.3 Å². The summed E-state index contributed by atoms with van der Waals surface area (Å²) in [5, 5.41) is 0.407. The first-order chi connectivity index (χ1) is 10.1. The van der Waals surface area contributed by atoms with Crippen LogP contribution >= 0.6 is 11.6 Å². The summed E-state index contributed by atoms with van der Waals surface area (Å²) in [6.07, 6.45) is 6.63. The highest BCUT2D eigenvalue weighted by Gasteiger charge is 2.19. The van der Waals surface area contributed by atoms with Gasteiger partial charge in [0.05, 0.1) is 11.7 Å². The maximum atomic E-state index is 12.2. The third kappa shape index (κ3) is 2.34. The number of hydrogen-bond donors (Lipinski definition) is 0. The maximum Gasteiger partial charge on any atom is 0.289 e. The van der Waals surface area contributed by atoms with Crippen LogP contribution in [0, 0.1) is 0 Å². The number of aromatic nitrogens is 4. The summed E-state index contributed by atoms with van der Waals surface area (Å²) in [5.41, 5.74) is 2.17. The Bertz CT molecular complexity index is 810. The van der Waals surface area contributed by atoms with Gasteiger partial charge in [-0.15, -0.1) is 0 Å². The predicted molar refractivity (Wildman–Crippen MR) is 79.2 cm³/mol. The second-order valence-electron chi connectivity index (χ2n) is 4.68. The lowest BCUT2D eigenvalue weighted by atomic mass is 10.2. The fraction of sp³-hybridized carbons (Fsp3) is 0.143. The molecule has 3 rings (SSSR count). The van der Waals surface area contributed by atoms with Gasteiger partial charge in [-0.3, -0.25) is 14.2 Å². The van der Waals surface area contributed by atoms with Gasteiger partial charge in [-0.2, -0.15) is 0 Å². The summed E-state index contributed by atoms with van der Waals surface area (Å²) in [4.78, 5) is 26.3. The summed E-state index contributed by atoms with van der Waals surface area (Å²) >= 11 is 5.80. The maximum absolute atomic E-state index is 12.2. The van der Waals surface area contributed by atoms with Crippen LogP contribution < -0.4 is 0 Å². The van der Waals surface area contributed by atoms with E-state index in [2.05, 4.69) is 15.0 Å². The summed E-state index contributed by atoms with van der Waals surface area (Å²) in [6.45, 7) is 0. The van der Waals surface area contributed by atoms with E-state index in [9.17, 15) is 4.79 Å². The van der Waals surface area contributed by atoms with Crippen molar-refractivity contribution in [1.82, 2.24) is 24.3 Å². The SMILES string of the molecule is CN(C)C(=O)c1nc(-c2ccc(Cl)nc2)c2cnccn12. The monoisotopic (exact) mass is 301 g/mol. The summed E-state index contributed by atoms with van der Waals surface area (Å²) in [6, 6.07) is 3.50. The van der Waals surface area contributed by atoms with Crippen LogP contribution in [0.4, 0.5) is 0 Å². The van der Waals surface area contributed by atoms with Crippen LogP contribution in [0.2, 0.25) is 5.15 Å². The van der Waals surface area contributed by atoms with Crippen molar-refractivity contribution >= 4 is 23.0 Å². The molecule has 0 bridgehead atoms. The average molecular weight is 302 g/mol. The largest absolute Gasteiger partial charge is 0.342 e. The highest BCUT2D eigenvalue weighted by molar-refractivity contribution is 6.29. The first-order valence-electron chi connectivity index (χ1n) is 6.23. The van der Waals surface area contributed by atoms with Gasteiger partial charge in [0, 0.05) is 38.2 Å². The number of carbonyl (C=O) groups excluding carboxylic acids is 1. The van der Waals surface area contributed by atoms with Gasteiger partial charge in [0.2, 0.25) is 5.82 Å². The zero-order valence-corrected chi connectivity index (χ0v) is 12.2. The second kappa shape index (κ2) is 5.14. The topological polar surface area (TPSA) is 63.4 Å². The molecule has 0 atom stereocenters. The van der Waals surface area contributed by atoms with Crippen molar-refractivity contribution in [2.24, 2.45) is 0 Å². The molecule has 0 unspecified atom stereocenters. The lowest BCUT2D eigenvalue weighted by Gasteiger charge is -2.08. The van der Waals surface area contributed by atoms with E-state index in [0.29, 0.717) is 16.7 Å². The molecule has 3 heterocycles. The Morgan fingerprint density at radius 1 is 1.29 bits per heavy atom. The van der Waals surface area contributed by atoms with E-state index in [0.717, 1.165) is 11.1 Å². The molecule has 106 valence electrons. The van der Waals surface area contributed by atoms with Crippen LogP contribution in [0.1, 0.15) is 10.6 Å². The Morgan fingerprint density at radius 2 is 2.10 bits per heavy atom. The van der Waals surface area contributed by atoms with Gasteiger partial charge in [-0.05, 0) is 12.1 Å². The number of nitrogens with zero attached hydrogens (tertiary/aromatic N) is 5. The Morgan fingerprint density at radius 3 is 2.76 bits per heavy atom. The predicted octanol–water partition coefficient (Wildman–Crippen LogP) is 2.15. The molecule has 0 aromatic carbocycles. The highest BCUT2D eigenvalue weighted by Crippen LogP contribution is 2.25. The van der Waals surface area contributed by atoms with Gasteiger partial charge < -0.3 is 4.90 Å². The number of hydrogen-bond acceptors (Lipinski definition) is 4. The molecule has 3 aromatic heterocycles. The third-order valence-corrected chi connectivity index (χ3v) is 3.27. The molecule has 0 spiro atoms. The molecular formula is C14H12ClN5O. The number of rotatable bonds is 2. The minimum absolute atomic E-state index is 0.177. The number of carbonyl (C=O) groups is 1. The Hall–Kier alpha value is -2.47. The van der Waals surface area contributed by atoms with E-state index >= 15 is 0 Å². The van der Waals surface area contributed by atoms with E-state index in [1.807, 2.05) is 6.07 Å². The minimum atomic E-state index is -0.177. The van der Waals surface area contributed by atoms with E-state index in [1.54, 1.807) is 49.3 Å². The van der Waals surface area contributed by atoms with Gasteiger partial charge in [-0.25, -0.2) is 9.97 Å². The summed E-state index contributed by atoms with van der Waals surface area (Å²) in [5.74, 6) is 0.159. The van der Waals surface area contributed by atoms with Crippen molar-refractivity contribution in [2.75, 3.05) is 14.1 Å². The van der Waals surface area contributed by atoms with E-state index in [4.69, 9.17) is 11.6 Å². The molecule has 0 saturated carbocycles. The quantitative estimate of drug-likeness (QED) is 0.680. The molecular weight excluding hydrogens is 290 g/mol. The van der Waals surface area contributed by atoms with Crippen molar-refractivity contribution in [3.05, 3.63) is 47.9 Å².